The molecule has 0 aliphatic carbocycles. The largest absolute Gasteiger partial charge is 0.452 e. The maximum atomic E-state index is 12.5. The Morgan fingerprint density at radius 3 is 2.67 bits per heavy atom. The van der Waals surface area contributed by atoms with Crippen molar-refractivity contribution < 1.29 is 13.9 Å². The maximum absolute atomic E-state index is 12.5. The van der Waals surface area contributed by atoms with Gasteiger partial charge in [0, 0.05) is 6.42 Å². The summed E-state index contributed by atoms with van der Waals surface area (Å²) in [5, 5.41) is 0. The van der Waals surface area contributed by atoms with E-state index in [1.165, 1.54) is 12.1 Å². The van der Waals surface area contributed by atoms with Crippen LogP contribution in [0, 0.1) is 18.2 Å². The molecule has 1 aromatic rings. The Balaban J connectivity index is 2.34. The smallest absolute Gasteiger partial charge is 0.307 e. The number of carbonyl (C=O) groups excluding carboxylic acids is 1. The molecule has 0 N–H and O–H groups in total. The molecule has 0 aliphatic heterocycles. The Kier molecular flexibility index (Phi) is 4.36. The number of terminal acetylenes is 1. The normalized spacial score (nSPS) is 9.33. The lowest BCUT2D eigenvalue weighted by atomic mass is 10.1. The van der Waals surface area contributed by atoms with Gasteiger partial charge in [-0.3, -0.25) is 4.79 Å². The van der Waals surface area contributed by atoms with Crippen LogP contribution in [0.1, 0.15) is 12.0 Å². The second-order valence-corrected chi connectivity index (χ2v) is 2.99. The molecule has 15 heavy (non-hydrogen) atoms. The molecule has 0 aliphatic rings. The lowest BCUT2D eigenvalue weighted by Crippen LogP contribution is -2.05. The summed E-state index contributed by atoms with van der Waals surface area (Å²) in [7, 11) is 0. The van der Waals surface area contributed by atoms with Gasteiger partial charge in [-0.05, 0) is 24.1 Å². The van der Waals surface area contributed by atoms with Crippen molar-refractivity contribution in [2.45, 2.75) is 12.8 Å². The average molecular weight is 206 g/mol. The summed E-state index contributed by atoms with van der Waals surface area (Å²) in [6.07, 6.45) is 5.72. The van der Waals surface area contributed by atoms with E-state index in [1.807, 2.05) is 0 Å². The molecule has 0 atom stereocenters. The van der Waals surface area contributed by atoms with Crippen LogP contribution in [0.4, 0.5) is 4.39 Å². The van der Waals surface area contributed by atoms with Crippen molar-refractivity contribution in [2.24, 2.45) is 0 Å². The Morgan fingerprint density at radius 1 is 1.40 bits per heavy atom. The van der Waals surface area contributed by atoms with Gasteiger partial charge < -0.3 is 4.74 Å². The third-order valence-corrected chi connectivity index (χ3v) is 1.85. The van der Waals surface area contributed by atoms with E-state index in [-0.39, 0.29) is 24.8 Å². The molecule has 78 valence electrons. The van der Waals surface area contributed by atoms with E-state index in [0.717, 1.165) is 5.56 Å². The Labute approximate surface area is 88.1 Å². The van der Waals surface area contributed by atoms with Gasteiger partial charge in [0.1, 0.15) is 5.82 Å². The predicted octanol–water partition coefficient (Wildman–Crippen LogP) is 1.93. The number of esters is 1. The molecular formula is C12H11FO2. The Hall–Kier alpha value is -1.82. The van der Waals surface area contributed by atoms with E-state index in [2.05, 4.69) is 10.7 Å². The number of rotatable bonds is 4. The van der Waals surface area contributed by atoms with E-state index < -0.39 is 0 Å². The summed E-state index contributed by atoms with van der Waals surface area (Å²) >= 11 is 0. The van der Waals surface area contributed by atoms with Crippen LogP contribution < -0.4 is 0 Å². The highest BCUT2D eigenvalue weighted by molar-refractivity contribution is 5.69. The summed E-state index contributed by atoms with van der Waals surface area (Å²) in [4.78, 5) is 11.1. The lowest BCUT2D eigenvalue weighted by molar-refractivity contribution is -0.142. The molecular weight excluding hydrogens is 195 g/mol. The molecule has 0 unspecified atom stereocenters. The van der Waals surface area contributed by atoms with E-state index >= 15 is 0 Å². The van der Waals surface area contributed by atoms with Gasteiger partial charge in [0.15, 0.2) is 6.61 Å². The first-order valence-corrected chi connectivity index (χ1v) is 4.56. The van der Waals surface area contributed by atoms with Crippen LogP contribution in [0.15, 0.2) is 24.3 Å². The van der Waals surface area contributed by atoms with Crippen LogP contribution in [0.5, 0.6) is 0 Å². The third-order valence-electron chi connectivity index (χ3n) is 1.85. The van der Waals surface area contributed by atoms with Gasteiger partial charge in [-0.2, -0.15) is 0 Å². The number of carbonyl (C=O) groups is 1. The molecule has 0 radical (unpaired) electrons. The van der Waals surface area contributed by atoms with Gasteiger partial charge in [0.05, 0.1) is 0 Å². The summed E-state index contributed by atoms with van der Waals surface area (Å²) in [5.74, 6) is 1.59. The van der Waals surface area contributed by atoms with E-state index in [4.69, 9.17) is 6.42 Å². The quantitative estimate of drug-likeness (QED) is 0.556. The van der Waals surface area contributed by atoms with E-state index in [1.54, 1.807) is 12.1 Å². The van der Waals surface area contributed by atoms with Gasteiger partial charge in [0.2, 0.25) is 0 Å². The van der Waals surface area contributed by atoms with Gasteiger partial charge in [0.25, 0.3) is 0 Å². The molecule has 0 saturated heterocycles. The molecule has 1 rings (SSSR count). The van der Waals surface area contributed by atoms with Crippen molar-refractivity contribution in [3.63, 3.8) is 0 Å². The molecule has 0 aromatic heterocycles. The molecule has 0 bridgehead atoms. The average Bonchev–Trinajstić information content (AvgIpc) is 2.25. The fraction of sp³-hybridized carbons (Fsp3) is 0.250. The zero-order valence-electron chi connectivity index (χ0n) is 8.20. The first kappa shape index (κ1) is 11.3. The van der Waals surface area contributed by atoms with Crippen LogP contribution in [0.3, 0.4) is 0 Å². The number of hydrogen-bond donors (Lipinski definition) is 0. The SMILES string of the molecule is C#CCOC(=O)CCc1ccc(F)cc1. The first-order valence-electron chi connectivity index (χ1n) is 4.56. The minimum atomic E-state index is -0.336. The monoisotopic (exact) mass is 206 g/mol. The second kappa shape index (κ2) is 5.82. The number of halogens is 1. The summed E-state index contributed by atoms with van der Waals surface area (Å²) in [6, 6.07) is 6.01. The molecule has 0 saturated carbocycles. The van der Waals surface area contributed by atoms with Gasteiger partial charge in [-0.1, -0.05) is 18.1 Å². The predicted molar refractivity (Wildman–Crippen MR) is 54.5 cm³/mol. The fourth-order valence-electron chi connectivity index (χ4n) is 1.09. The Bertz CT molecular complexity index is 362. The van der Waals surface area contributed by atoms with E-state index in [0.29, 0.717) is 6.42 Å². The Morgan fingerprint density at radius 2 is 2.07 bits per heavy atom. The number of hydrogen-bond acceptors (Lipinski definition) is 2. The van der Waals surface area contributed by atoms with Crippen LogP contribution in [0.2, 0.25) is 0 Å². The third kappa shape index (κ3) is 4.28. The number of ether oxygens (including phenoxy) is 1. The first-order chi connectivity index (χ1) is 7.22. The van der Waals surface area contributed by atoms with Gasteiger partial charge >= 0.3 is 5.97 Å². The van der Waals surface area contributed by atoms with Crippen molar-refractivity contribution in [2.75, 3.05) is 6.61 Å². The van der Waals surface area contributed by atoms with Crippen molar-refractivity contribution >= 4 is 5.97 Å². The standard InChI is InChI=1S/C12H11FO2/c1-2-9-15-12(14)8-5-10-3-6-11(13)7-4-10/h1,3-4,6-7H,5,8-9H2. The number of aryl methyl sites for hydroxylation is 1. The minimum absolute atomic E-state index is 0.00223. The number of benzene rings is 1. The summed E-state index contributed by atoms with van der Waals surface area (Å²) in [6.45, 7) is 0.00223. The van der Waals surface area contributed by atoms with Crippen LogP contribution >= 0.6 is 0 Å². The molecule has 2 nitrogen and oxygen atoms in total. The minimum Gasteiger partial charge on any atom is -0.452 e. The van der Waals surface area contributed by atoms with Gasteiger partial charge in [-0.15, -0.1) is 6.42 Å². The molecule has 0 spiro atoms. The fourth-order valence-corrected chi connectivity index (χ4v) is 1.09. The topological polar surface area (TPSA) is 26.3 Å². The summed E-state index contributed by atoms with van der Waals surface area (Å²) in [5.41, 5.74) is 0.897. The summed E-state index contributed by atoms with van der Waals surface area (Å²) < 4.78 is 17.2. The van der Waals surface area contributed by atoms with E-state index in [9.17, 15) is 9.18 Å². The zero-order valence-corrected chi connectivity index (χ0v) is 8.20. The van der Waals surface area contributed by atoms with Crippen molar-refractivity contribution in [3.8, 4) is 12.3 Å². The molecule has 3 heteroatoms. The van der Waals surface area contributed by atoms with Crippen LogP contribution in [-0.2, 0) is 16.0 Å². The van der Waals surface area contributed by atoms with Crippen molar-refractivity contribution in [1.29, 1.82) is 0 Å². The molecule has 0 amide bonds. The van der Waals surface area contributed by atoms with Crippen molar-refractivity contribution in [1.82, 2.24) is 0 Å². The zero-order chi connectivity index (χ0) is 11.1. The van der Waals surface area contributed by atoms with Crippen LogP contribution in [-0.4, -0.2) is 12.6 Å². The highest BCUT2D eigenvalue weighted by Crippen LogP contribution is 2.05. The molecule has 0 heterocycles. The van der Waals surface area contributed by atoms with Gasteiger partial charge in [-0.25, -0.2) is 4.39 Å². The highest BCUT2D eigenvalue weighted by atomic mass is 19.1. The van der Waals surface area contributed by atoms with Crippen LogP contribution in [0.25, 0.3) is 0 Å². The highest BCUT2D eigenvalue weighted by Gasteiger charge is 2.02. The lowest BCUT2D eigenvalue weighted by Gasteiger charge is -2.01. The second-order valence-electron chi connectivity index (χ2n) is 2.99. The maximum Gasteiger partial charge on any atom is 0.307 e. The van der Waals surface area contributed by atoms with Crippen molar-refractivity contribution in [3.05, 3.63) is 35.6 Å². The molecule has 1 aromatic carbocycles. The molecule has 0 fully saturated rings.